The molecule has 0 fully saturated rings. The first-order chi connectivity index (χ1) is 9.88. The van der Waals surface area contributed by atoms with E-state index in [0.29, 0.717) is 10.7 Å². The zero-order valence-corrected chi connectivity index (χ0v) is 11.7. The number of halogens is 1. The summed E-state index contributed by atoms with van der Waals surface area (Å²) in [4.78, 5) is 21.3. The summed E-state index contributed by atoms with van der Waals surface area (Å²) in [5, 5.41) is 23.2. The third-order valence-electron chi connectivity index (χ3n) is 2.84. The first kappa shape index (κ1) is 14.8. The fourth-order valence-electron chi connectivity index (χ4n) is 1.79. The SMILES string of the molecule is Cc1ccc(Nc2ccc(C(=O)O)cc2[N+](=O)[O-])c(Cl)c1. The number of nitrogens with zero attached hydrogens (tertiary/aromatic N) is 1. The lowest BCUT2D eigenvalue weighted by Crippen LogP contribution is -2.02. The van der Waals surface area contributed by atoms with Crippen LogP contribution < -0.4 is 5.32 Å². The quantitative estimate of drug-likeness (QED) is 0.658. The van der Waals surface area contributed by atoms with E-state index in [1.54, 1.807) is 12.1 Å². The maximum absolute atomic E-state index is 11.1. The van der Waals surface area contributed by atoms with Crippen molar-refractivity contribution in [3.05, 3.63) is 62.7 Å². The molecule has 0 bridgehead atoms. The Morgan fingerprint density at radius 2 is 1.90 bits per heavy atom. The van der Waals surface area contributed by atoms with E-state index in [1.807, 2.05) is 13.0 Å². The first-order valence-corrected chi connectivity index (χ1v) is 6.31. The zero-order chi connectivity index (χ0) is 15.6. The van der Waals surface area contributed by atoms with E-state index in [2.05, 4.69) is 5.32 Å². The van der Waals surface area contributed by atoms with Gasteiger partial charge in [0.15, 0.2) is 0 Å². The normalized spacial score (nSPS) is 10.2. The van der Waals surface area contributed by atoms with E-state index in [-0.39, 0.29) is 16.9 Å². The number of carboxylic acid groups (broad SMARTS) is 1. The maximum atomic E-state index is 11.1. The molecule has 0 aromatic heterocycles. The van der Waals surface area contributed by atoms with Gasteiger partial charge in [0, 0.05) is 6.07 Å². The van der Waals surface area contributed by atoms with Gasteiger partial charge in [-0.2, -0.15) is 0 Å². The lowest BCUT2D eigenvalue weighted by molar-refractivity contribution is -0.383. The summed E-state index contributed by atoms with van der Waals surface area (Å²) >= 11 is 6.07. The van der Waals surface area contributed by atoms with E-state index in [9.17, 15) is 14.9 Å². The van der Waals surface area contributed by atoms with Gasteiger partial charge in [-0.25, -0.2) is 4.79 Å². The average Bonchev–Trinajstić information content (AvgIpc) is 2.41. The number of aromatic carboxylic acids is 1. The number of nitrogens with one attached hydrogen (secondary N) is 1. The van der Waals surface area contributed by atoms with E-state index in [1.165, 1.54) is 12.1 Å². The predicted octanol–water partition coefficient (Wildman–Crippen LogP) is 4.00. The number of rotatable bonds is 4. The Bertz CT molecular complexity index is 731. The second-order valence-corrected chi connectivity index (χ2v) is 4.81. The molecule has 21 heavy (non-hydrogen) atoms. The number of benzene rings is 2. The summed E-state index contributed by atoms with van der Waals surface area (Å²) in [5.41, 5.74) is 1.17. The fourth-order valence-corrected chi connectivity index (χ4v) is 2.07. The number of carboxylic acids is 1. The number of hydrogen-bond acceptors (Lipinski definition) is 4. The van der Waals surface area contributed by atoms with E-state index >= 15 is 0 Å². The van der Waals surface area contributed by atoms with Gasteiger partial charge in [0.25, 0.3) is 5.69 Å². The molecular weight excluding hydrogens is 296 g/mol. The molecule has 0 heterocycles. The monoisotopic (exact) mass is 306 g/mol. The van der Waals surface area contributed by atoms with E-state index in [0.717, 1.165) is 11.6 Å². The van der Waals surface area contributed by atoms with Gasteiger partial charge in [0.2, 0.25) is 0 Å². The van der Waals surface area contributed by atoms with Gasteiger partial charge in [-0.05, 0) is 36.8 Å². The molecule has 0 aliphatic rings. The van der Waals surface area contributed by atoms with Crippen molar-refractivity contribution in [2.24, 2.45) is 0 Å². The van der Waals surface area contributed by atoms with Gasteiger partial charge in [-0.15, -0.1) is 0 Å². The molecular formula is C14H11ClN2O4. The molecule has 7 heteroatoms. The van der Waals surface area contributed by atoms with Crippen LogP contribution in [0.2, 0.25) is 5.02 Å². The largest absolute Gasteiger partial charge is 0.478 e. The van der Waals surface area contributed by atoms with Gasteiger partial charge in [0.1, 0.15) is 5.69 Å². The van der Waals surface area contributed by atoms with E-state index < -0.39 is 10.9 Å². The summed E-state index contributed by atoms with van der Waals surface area (Å²) in [6, 6.07) is 8.88. The zero-order valence-electron chi connectivity index (χ0n) is 11.0. The van der Waals surface area contributed by atoms with Crippen molar-refractivity contribution in [3.8, 4) is 0 Å². The second kappa shape index (κ2) is 5.80. The fraction of sp³-hybridized carbons (Fsp3) is 0.0714. The van der Waals surface area contributed by atoms with Crippen molar-refractivity contribution in [2.75, 3.05) is 5.32 Å². The molecule has 0 aliphatic carbocycles. The van der Waals surface area contributed by atoms with Crippen LogP contribution in [0.4, 0.5) is 17.1 Å². The molecule has 0 spiro atoms. The Kier molecular flexibility index (Phi) is 4.09. The average molecular weight is 307 g/mol. The molecule has 0 saturated heterocycles. The first-order valence-electron chi connectivity index (χ1n) is 5.93. The van der Waals surface area contributed by atoms with Crippen LogP contribution in [0.15, 0.2) is 36.4 Å². The number of carbonyl (C=O) groups is 1. The minimum absolute atomic E-state index is 0.151. The van der Waals surface area contributed by atoms with Crippen LogP contribution in [-0.2, 0) is 0 Å². The standard InChI is InChI=1S/C14H11ClN2O4/c1-8-2-4-11(10(15)6-8)16-12-5-3-9(14(18)19)7-13(12)17(20)21/h2-7,16H,1H3,(H,18,19). The highest BCUT2D eigenvalue weighted by molar-refractivity contribution is 6.33. The van der Waals surface area contributed by atoms with Crippen LogP contribution in [0.3, 0.4) is 0 Å². The Balaban J connectivity index is 2.44. The molecule has 2 aromatic carbocycles. The van der Waals surface area contributed by atoms with Gasteiger partial charge in [-0.3, -0.25) is 10.1 Å². The molecule has 0 unspecified atom stereocenters. The summed E-state index contributed by atoms with van der Waals surface area (Å²) in [7, 11) is 0. The Labute approximate surface area is 125 Å². The molecule has 0 atom stereocenters. The maximum Gasteiger partial charge on any atom is 0.335 e. The molecule has 2 N–H and O–H groups in total. The lowest BCUT2D eigenvalue weighted by atomic mass is 10.1. The molecule has 0 aliphatic heterocycles. The minimum Gasteiger partial charge on any atom is -0.478 e. The Hall–Kier alpha value is -2.60. The molecule has 108 valence electrons. The smallest absolute Gasteiger partial charge is 0.335 e. The van der Waals surface area contributed by atoms with Crippen molar-refractivity contribution in [1.82, 2.24) is 0 Å². The number of nitro groups is 1. The minimum atomic E-state index is -1.22. The Morgan fingerprint density at radius 3 is 2.48 bits per heavy atom. The highest BCUT2D eigenvalue weighted by Gasteiger charge is 2.18. The van der Waals surface area contributed by atoms with Crippen LogP contribution in [0, 0.1) is 17.0 Å². The van der Waals surface area contributed by atoms with Crippen LogP contribution in [0.5, 0.6) is 0 Å². The molecule has 2 rings (SSSR count). The summed E-state index contributed by atoms with van der Waals surface area (Å²) in [6.07, 6.45) is 0. The number of anilines is 2. The lowest BCUT2D eigenvalue weighted by Gasteiger charge is -2.10. The van der Waals surface area contributed by atoms with Gasteiger partial charge in [-0.1, -0.05) is 17.7 Å². The van der Waals surface area contributed by atoms with Crippen molar-refractivity contribution < 1.29 is 14.8 Å². The van der Waals surface area contributed by atoms with Crippen molar-refractivity contribution in [2.45, 2.75) is 6.92 Å². The van der Waals surface area contributed by atoms with Crippen molar-refractivity contribution in [3.63, 3.8) is 0 Å². The van der Waals surface area contributed by atoms with Crippen LogP contribution in [-0.4, -0.2) is 16.0 Å². The predicted molar refractivity (Wildman–Crippen MR) is 79.5 cm³/mol. The van der Waals surface area contributed by atoms with E-state index in [4.69, 9.17) is 16.7 Å². The summed E-state index contributed by atoms with van der Waals surface area (Å²) < 4.78 is 0. The van der Waals surface area contributed by atoms with Crippen LogP contribution >= 0.6 is 11.6 Å². The van der Waals surface area contributed by atoms with Gasteiger partial charge < -0.3 is 10.4 Å². The molecule has 0 radical (unpaired) electrons. The Morgan fingerprint density at radius 1 is 1.24 bits per heavy atom. The van der Waals surface area contributed by atoms with Gasteiger partial charge in [0.05, 0.1) is 21.2 Å². The summed E-state index contributed by atoms with van der Waals surface area (Å²) in [5.74, 6) is -1.22. The topological polar surface area (TPSA) is 92.5 Å². The van der Waals surface area contributed by atoms with Crippen molar-refractivity contribution in [1.29, 1.82) is 0 Å². The van der Waals surface area contributed by atoms with Crippen molar-refractivity contribution >= 4 is 34.6 Å². The third kappa shape index (κ3) is 3.29. The van der Waals surface area contributed by atoms with Gasteiger partial charge >= 0.3 is 5.97 Å². The molecule has 0 saturated carbocycles. The second-order valence-electron chi connectivity index (χ2n) is 4.40. The number of hydrogen-bond donors (Lipinski definition) is 2. The molecule has 0 amide bonds. The third-order valence-corrected chi connectivity index (χ3v) is 3.15. The highest BCUT2D eigenvalue weighted by Crippen LogP contribution is 2.32. The summed E-state index contributed by atoms with van der Waals surface area (Å²) in [6.45, 7) is 1.87. The highest BCUT2D eigenvalue weighted by atomic mass is 35.5. The number of aryl methyl sites for hydroxylation is 1. The molecule has 6 nitrogen and oxygen atoms in total. The number of nitro benzene ring substituents is 1. The van der Waals surface area contributed by atoms with Crippen LogP contribution in [0.25, 0.3) is 0 Å². The van der Waals surface area contributed by atoms with Crippen LogP contribution in [0.1, 0.15) is 15.9 Å². The molecule has 2 aromatic rings.